The fourth-order valence-electron chi connectivity index (χ4n) is 2.33. The van der Waals surface area contributed by atoms with Crippen molar-refractivity contribution in [2.24, 2.45) is 0 Å². The van der Waals surface area contributed by atoms with E-state index in [2.05, 4.69) is 46.7 Å². The Morgan fingerprint density at radius 2 is 1.90 bits per heavy atom. The van der Waals surface area contributed by atoms with Crippen LogP contribution in [0.5, 0.6) is 0 Å². The van der Waals surface area contributed by atoms with E-state index >= 15 is 0 Å². The van der Waals surface area contributed by atoms with Gasteiger partial charge >= 0.3 is 0 Å². The van der Waals surface area contributed by atoms with Gasteiger partial charge in [0.25, 0.3) is 0 Å². The van der Waals surface area contributed by atoms with Crippen molar-refractivity contribution in [3.05, 3.63) is 66.1 Å². The summed E-state index contributed by atoms with van der Waals surface area (Å²) in [6.07, 6.45) is 2.38. The van der Waals surface area contributed by atoms with Gasteiger partial charge in [-0.3, -0.25) is 0 Å². The van der Waals surface area contributed by atoms with Gasteiger partial charge in [-0.15, -0.1) is 10.2 Å². The summed E-state index contributed by atoms with van der Waals surface area (Å²) in [5.74, 6) is 0.535. The zero-order valence-electron chi connectivity index (χ0n) is 11.9. The molecule has 4 heteroatoms. The van der Waals surface area contributed by atoms with Crippen LogP contribution in [0.3, 0.4) is 0 Å². The van der Waals surface area contributed by atoms with Crippen molar-refractivity contribution >= 4 is 5.69 Å². The van der Waals surface area contributed by atoms with E-state index in [1.54, 1.807) is 0 Å². The van der Waals surface area contributed by atoms with E-state index < -0.39 is 0 Å². The first-order chi connectivity index (χ1) is 10.4. The molecule has 0 aliphatic carbocycles. The second-order valence-corrected chi connectivity index (χ2v) is 4.80. The smallest absolute Gasteiger partial charge is 0.247 e. The van der Waals surface area contributed by atoms with Crippen LogP contribution in [0.4, 0.5) is 5.69 Å². The Balaban J connectivity index is 1.75. The molecule has 0 fully saturated rings. The first-order valence-electron chi connectivity index (χ1n) is 7.04. The van der Waals surface area contributed by atoms with Crippen LogP contribution >= 0.6 is 0 Å². The fourth-order valence-corrected chi connectivity index (χ4v) is 2.33. The summed E-state index contributed by atoms with van der Waals surface area (Å²) in [5.41, 5.74) is 4.65. The highest BCUT2D eigenvalue weighted by Crippen LogP contribution is 2.21. The van der Waals surface area contributed by atoms with Crippen LogP contribution in [-0.4, -0.2) is 10.2 Å². The maximum atomic E-state index is 5.22. The molecule has 1 aromatic heterocycles. The van der Waals surface area contributed by atoms with Gasteiger partial charge in [-0.05, 0) is 35.7 Å². The Kier molecular flexibility index (Phi) is 3.96. The Labute approximate surface area is 123 Å². The molecule has 0 radical (unpaired) electrons. The maximum Gasteiger partial charge on any atom is 0.247 e. The number of benzene rings is 2. The standard InChI is InChI=1S/C17H17N3O/c1-2-13-6-3-4-7-15(13)11-18-16-9-5-8-14(10-16)17-20-19-12-21-17/h3-10,12,18H,2,11H2,1H3. The number of nitrogens with zero attached hydrogens (tertiary/aromatic N) is 2. The highest BCUT2D eigenvalue weighted by molar-refractivity contribution is 5.61. The lowest BCUT2D eigenvalue weighted by molar-refractivity contribution is 0.568. The van der Waals surface area contributed by atoms with E-state index in [4.69, 9.17) is 4.42 Å². The molecule has 0 saturated heterocycles. The van der Waals surface area contributed by atoms with Gasteiger partial charge in [-0.1, -0.05) is 37.3 Å². The van der Waals surface area contributed by atoms with Crippen LogP contribution in [-0.2, 0) is 13.0 Å². The summed E-state index contributed by atoms with van der Waals surface area (Å²) < 4.78 is 5.22. The third kappa shape index (κ3) is 3.11. The van der Waals surface area contributed by atoms with Gasteiger partial charge < -0.3 is 9.73 Å². The molecular formula is C17H17N3O. The van der Waals surface area contributed by atoms with Crippen LogP contribution in [0.15, 0.2) is 59.3 Å². The number of rotatable bonds is 5. The summed E-state index contributed by atoms with van der Waals surface area (Å²) in [4.78, 5) is 0. The molecule has 0 aliphatic heterocycles. The molecule has 3 aromatic rings. The molecule has 0 atom stereocenters. The van der Waals surface area contributed by atoms with Crippen LogP contribution in [0, 0.1) is 0 Å². The molecule has 0 saturated carbocycles. The van der Waals surface area contributed by atoms with E-state index in [9.17, 15) is 0 Å². The monoisotopic (exact) mass is 279 g/mol. The van der Waals surface area contributed by atoms with Crippen molar-refractivity contribution in [1.82, 2.24) is 10.2 Å². The van der Waals surface area contributed by atoms with Crippen molar-refractivity contribution in [2.75, 3.05) is 5.32 Å². The average molecular weight is 279 g/mol. The molecule has 0 bridgehead atoms. The summed E-state index contributed by atoms with van der Waals surface area (Å²) in [7, 11) is 0. The molecule has 0 aliphatic rings. The van der Waals surface area contributed by atoms with E-state index in [1.807, 2.05) is 24.3 Å². The van der Waals surface area contributed by atoms with E-state index in [1.165, 1.54) is 17.5 Å². The van der Waals surface area contributed by atoms with Gasteiger partial charge in [0, 0.05) is 17.8 Å². The Hall–Kier alpha value is -2.62. The molecule has 1 heterocycles. The van der Waals surface area contributed by atoms with Crippen molar-refractivity contribution in [2.45, 2.75) is 19.9 Å². The third-order valence-corrected chi connectivity index (χ3v) is 3.45. The molecular weight excluding hydrogens is 262 g/mol. The van der Waals surface area contributed by atoms with Crippen LogP contribution in [0.25, 0.3) is 11.5 Å². The average Bonchev–Trinajstić information content (AvgIpc) is 3.08. The Bertz CT molecular complexity index is 708. The summed E-state index contributed by atoms with van der Waals surface area (Å²) >= 11 is 0. The van der Waals surface area contributed by atoms with Gasteiger partial charge in [-0.2, -0.15) is 0 Å². The predicted octanol–water partition coefficient (Wildman–Crippen LogP) is 3.91. The first kappa shape index (κ1) is 13.4. The largest absolute Gasteiger partial charge is 0.423 e. The van der Waals surface area contributed by atoms with E-state index in [-0.39, 0.29) is 0 Å². The Morgan fingerprint density at radius 1 is 1.05 bits per heavy atom. The summed E-state index contributed by atoms with van der Waals surface area (Å²) in [5, 5.41) is 11.1. The number of hydrogen-bond donors (Lipinski definition) is 1. The summed E-state index contributed by atoms with van der Waals surface area (Å²) in [6, 6.07) is 16.5. The molecule has 0 spiro atoms. The SMILES string of the molecule is CCc1ccccc1CNc1cccc(-c2nnco2)c1. The minimum absolute atomic E-state index is 0.535. The maximum absolute atomic E-state index is 5.22. The van der Waals surface area contributed by atoms with Crippen LogP contribution in [0.2, 0.25) is 0 Å². The topological polar surface area (TPSA) is 51.0 Å². The first-order valence-corrected chi connectivity index (χ1v) is 7.04. The fraction of sp³-hybridized carbons (Fsp3) is 0.176. The van der Waals surface area contributed by atoms with Gasteiger partial charge in [0.1, 0.15) is 0 Å². The van der Waals surface area contributed by atoms with Gasteiger partial charge in [-0.25, -0.2) is 0 Å². The van der Waals surface area contributed by atoms with Crippen molar-refractivity contribution < 1.29 is 4.42 Å². The quantitative estimate of drug-likeness (QED) is 0.769. The van der Waals surface area contributed by atoms with E-state index in [0.29, 0.717) is 5.89 Å². The van der Waals surface area contributed by atoms with Crippen LogP contribution in [0.1, 0.15) is 18.1 Å². The zero-order chi connectivity index (χ0) is 14.5. The molecule has 4 nitrogen and oxygen atoms in total. The Morgan fingerprint density at radius 3 is 2.67 bits per heavy atom. The minimum Gasteiger partial charge on any atom is -0.423 e. The summed E-state index contributed by atoms with van der Waals surface area (Å²) in [6.45, 7) is 2.98. The lowest BCUT2D eigenvalue weighted by Crippen LogP contribution is -2.02. The van der Waals surface area contributed by atoms with Crippen LogP contribution < -0.4 is 5.32 Å². The highest BCUT2D eigenvalue weighted by Gasteiger charge is 2.04. The normalized spacial score (nSPS) is 10.5. The number of aryl methyl sites for hydroxylation is 1. The predicted molar refractivity (Wildman–Crippen MR) is 82.9 cm³/mol. The van der Waals surface area contributed by atoms with Crippen molar-refractivity contribution in [3.63, 3.8) is 0 Å². The molecule has 1 N–H and O–H groups in total. The van der Waals surface area contributed by atoms with Gasteiger partial charge in [0.2, 0.25) is 12.3 Å². The van der Waals surface area contributed by atoms with Crippen molar-refractivity contribution in [1.29, 1.82) is 0 Å². The minimum atomic E-state index is 0.535. The number of nitrogens with one attached hydrogen (secondary N) is 1. The number of anilines is 1. The molecule has 0 amide bonds. The second-order valence-electron chi connectivity index (χ2n) is 4.80. The molecule has 21 heavy (non-hydrogen) atoms. The highest BCUT2D eigenvalue weighted by atomic mass is 16.4. The van der Waals surface area contributed by atoms with Gasteiger partial charge in [0.05, 0.1) is 0 Å². The third-order valence-electron chi connectivity index (χ3n) is 3.45. The molecule has 3 rings (SSSR count). The molecule has 2 aromatic carbocycles. The number of aromatic nitrogens is 2. The molecule has 106 valence electrons. The van der Waals surface area contributed by atoms with Crippen molar-refractivity contribution in [3.8, 4) is 11.5 Å². The lowest BCUT2D eigenvalue weighted by Gasteiger charge is -2.10. The van der Waals surface area contributed by atoms with Gasteiger partial charge in [0.15, 0.2) is 0 Å². The lowest BCUT2D eigenvalue weighted by atomic mass is 10.1. The van der Waals surface area contributed by atoms with E-state index in [0.717, 1.165) is 24.2 Å². The second kappa shape index (κ2) is 6.22. The molecule has 0 unspecified atom stereocenters. The number of hydrogen-bond acceptors (Lipinski definition) is 4. The zero-order valence-corrected chi connectivity index (χ0v) is 11.9.